The molecule has 2 amide bonds. The lowest BCUT2D eigenvalue weighted by Crippen LogP contribution is -2.29. The van der Waals surface area contributed by atoms with Crippen molar-refractivity contribution >= 4 is 33.6 Å². The molecule has 0 bridgehead atoms. The maximum atomic E-state index is 11.9. The molecule has 0 saturated carbocycles. The number of anilines is 1. The van der Waals surface area contributed by atoms with Gasteiger partial charge in [0.2, 0.25) is 0 Å². The molecule has 0 atom stereocenters. The van der Waals surface area contributed by atoms with Gasteiger partial charge in [0.25, 0.3) is 0 Å². The zero-order valence-electron chi connectivity index (χ0n) is 11.9. The van der Waals surface area contributed by atoms with E-state index in [1.54, 1.807) is 24.3 Å². The van der Waals surface area contributed by atoms with Gasteiger partial charge in [-0.2, -0.15) is 0 Å². The fraction of sp³-hybridized carbons (Fsp3) is 0.125. The molecule has 0 spiro atoms. The van der Waals surface area contributed by atoms with Gasteiger partial charge in [-0.3, -0.25) is 0 Å². The predicted octanol–water partition coefficient (Wildman–Crippen LogP) is 3.56. The van der Waals surface area contributed by atoms with Crippen molar-refractivity contribution in [3.8, 4) is 0 Å². The smallest absolute Gasteiger partial charge is 0.339 e. The number of esters is 1. The second-order valence-corrected chi connectivity index (χ2v) is 5.39. The largest absolute Gasteiger partial charge is 0.465 e. The van der Waals surface area contributed by atoms with Gasteiger partial charge in [0.05, 0.1) is 18.4 Å². The Labute approximate surface area is 136 Å². The lowest BCUT2D eigenvalue weighted by atomic mass is 10.2. The zero-order valence-corrected chi connectivity index (χ0v) is 13.5. The summed E-state index contributed by atoms with van der Waals surface area (Å²) in [5.74, 6) is -0.496. The number of para-hydroxylation sites is 1. The Balaban J connectivity index is 1.97. The molecule has 0 heterocycles. The minimum absolute atomic E-state index is 0.309. The van der Waals surface area contributed by atoms with E-state index in [4.69, 9.17) is 0 Å². The van der Waals surface area contributed by atoms with E-state index in [1.165, 1.54) is 7.11 Å². The van der Waals surface area contributed by atoms with Gasteiger partial charge in [0.15, 0.2) is 0 Å². The topological polar surface area (TPSA) is 67.4 Å². The summed E-state index contributed by atoms with van der Waals surface area (Å²) in [6.45, 7) is 0.388. The number of ether oxygens (including phenoxy) is 1. The third kappa shape index (κ3) is 4.33. The van der Waals surface area contributed by atoms with Crippen LogP contribution in [0.4, 0.5) is 10.5 Å². The summed E-state index contributed by atoms with van der Waals surface area (Å²) in [5.41, 5.74) is 1.69. The number of hydrogen-bond donors (Lipinski definition) is 2. The highest BCUT2D eigenvalue weighted by molar-refractivity contribution is 9.10. The van der Waals surface area contributed by atoms with Crippen LogP contribution in [0.2, 0.25) is 0 Å². The van der Waals surface area contributed by atoms with Crippen molar-refractivity contribution in [3.05, 3.63) is 64.1 Å². The van der Waals surface area contributed by atoms with Crippen molar-refractivity contribution in [1.82, 2.24) is 5.32 Å². The van der Waals surface area contributed by atoms with Gasteiger partial charge in [-0.25, -0.2) is 9.59 Å². The van der Waals surface area contributed by atoms with Gasteiger partial charge in [0.1, 0.15) is 0 Å². The Bertz CT molecular complexity index is 671. The van der Waals surface area contributed by atoms with Crippen LogP contribution in [-0.4, -0.2) is 19.1 Å². The number of amides is 2. The first kappa shape index (κ1) is 16.0. The average Bonchev–Trinajstić information content (AvgIpc) is 2.54. The highest BCUT2D eigenvalue weighted by atomic mass is 79.9. The molecule has 5 nitrogen and oxygen atoms in total. The number of carbonyl (C=O) groups is 2. The van der Waals surface area contributed by atoms with E-state index in [0.717, 1.165) is 10.0 Å². The summed E-state index contributed by atoms with van der Waals surface area (Å²) >= 11 is 3.35. The Kier molecular flexibility index (Phi) is 5.55. The second kappa shape index (κ2) is 7.61. The monoisotopic (exact) mass is 362 g/mol. The van der Waals surface area contributed by atoms with E-state index in [2.05, 4.69) is 31.3 Å². The van der Waals surface area contributed by atoms with Crippen LogP contribution in [0.3, 0.4) is 0 Å². The van der Waals surface area contributed by atoms with E-state index in [-0.39, 0.29) is 6.03 Å². The summed E-state index contributed by atoms with van der Waals surface area (Å²) in [6.07, 6.45) is 0. The highest BCUT2D eigenvalue weighted by Gasteiger charge is 2.12. The number of nitrogens with one attached hydrogen (secondary N) is 2. The van der Waals surface area contributed by atoms with Gasteiger partial charge >= 0.3 is 12.0 Å². The molecule has 2 aromatic rings. The molecule has 2 rings (SSSR count). The van der Waals surface area contributed by atoms with E-state index < -0.39 is 5.97 Å². The van der Waals surface area contributed by atoms with E-state index in [1.807, 2.05) is 24.3 Å². The third-order valence-corrected chi connectivity index (χ3v) is 3.48. The van der Waals surface area contributed by atoms with Crippen molar-refractivity contribution in [2.45, 2.75) is 6.54 Å². The minimum atomic E-state index is -0.496. The van der Waals surface area contributed by atoms with Crippen LogP contribution in [0.25, 0.3) is 0 Å². The first-order valence-electron chi connectivity index (χ1n) is 6.57. The molecule has 0 aliphatic heterocycles. The molecule has 0 aromatic heterocycles. The number of rotatable bonds is 4. The Morgan fingerprint density at radius 1 is 1.09 bits per heavy atom. The Morgan fingerprint density at radius 3 is 2.45 bits per heavy atom. The van der Waals surface area contributed by atoms with Crippen LogP contribution in [-0.2, 0) is 11.3 Å². The SMILES string of the molecule is COC(=O)c1ccccc1NC(=O)NCc1ccc(Br)cc1. The molecule has 22 heavy (non-hydrogen) atoms. The maximum Gasteiger partial charge on any atom is 0.339 e. The number of halogens is 1. The molecular formula is C16H15BrN2O3. The molecule has 0 saturated heterocycles. The zero-order chi connectivity index (χ0) is 15.9. The molecular weight excluding hydrogens is 348 g/mol. The van der Waals surface area contributed by atoms with Crippen LogP contribution in [0, 0.1) is 0 Å². The van der Waals surface area contributed by atoms with Crippen LogP contribution in [0.1, 0.15) is 15.9 Å². The van der Waals surface area contributed by atoms with Gasteiger partial charge in [0, 0.05) is 11.0 Å². The molecule has 114 valence electrons. The Morgan fingerprint density at radius 2 is 1.77 bits per heavy atom. The van der Waals surface area contributed by atoms with Crippen molar-refractivity contribution in [2.75, 3.05) is 12.4 Å². The molecule has 0 fully saturated rings. The lowest BCUT2D eigenvalue weighted by molar-refractivity contribution is 0.0602. The van der Waals surface area contributed by atoms with Crippen molar-refractivity contribution in [1.29, 1.82) is 0 Å². The molecule has 0 aliphatic carbocycles. The normalized spacial score (nSPS) is 9.91. The highest BCUT2D eigenvalue weighted by Crippen LogP contribution is 2.16. The third-order valence-electron chi connectivity index (χ3n) is 2.95. The molecule has 2 N–H and O–H groups in total. The van der Waals surface area contributed by atoms with Gasteiger partial charge in [-0.05, 0) is 29.8 Å². The molecule has 0 unspecified atom stereocenters. The van der Waals surface area contributed by atoms with Crippen LogP contribution in [0.15, 0.2) is 53.0 Å². The summed E-state index contributed by atoms with van der Waals surface area (Å²) in [4.78, 5) is 23.6. The minimum Gasteiger partial charge on any atom is -0.465 e. The van der Waals surface area contributed by atoms with Crippen LogP contribution < -0.4 is 10.6 Å². The predicted molar refractivity (Wildman–Crippen MR) is 87.8 cm³/mol. The lowest BCUT2D eigenvalue weighted by Gasteiger charge is -2.10. The summed E-state index contributed by atoms with van der Waals surface area (Å²) < 4.78 is 5.66. The average molecular weight is 363 g/mol. The van der Waals surface area contributed by atoms with Crippen LogP contribution >= 0.6 is 15.9 Å². The quantitative estimate of drug-likeness (QED) is 0.817. The first-order valence-corrected chi connectivity index (χ1v) is 7.36. The summed E-state index contributed by atoms with van der Waals surface area (Å²) in [7, 11) is 1.30. The van der Waals surface area contributed by atoms with Crippen molar-refractivity contribution in [3.63, 3.8) is 0 Å². The second-order valence-electron chi connectivity index (χ2n) is 4.47. The maximum absolute atomic E-state index is 11.9. The van der Waals surface area contributed by atoms with Gasteiger partial charge < -0.3 is 15.4 Å². The number of benzene rings is 2. The molecule has 2 aromatic carbocycles. The fourth-order valence-corrected chi connectivity index (χ4v) is 2.10. The van der Waals surface area contributed by atoms with Crippen molar-refractivity contribution in [2.24, 2.45) is 0 Å². The van der Waals surface area contributed by atoms with Crippen molar-refractivity contribution < 1.29 is 14.3 Å². The fourth-order valence-electron chi connectivity index (χ4n) is 1.83. The van der Waals surface area contributed by atoms with Gasteiger partial charge in [-0.15, -0.1) is 0 Å². The first-order chi connectivity index (χ1) is 10.6. The molecule has 6 heteroatoms. The number of methoxy groups -OCH3 is 1. The standard InChI is InChI=1S/C16H15BrN2O3/c1-22-15(20)13-4-2-3-5-14(13)19-16(21)18-10-11-6-8-12(17)9-7-11/h2-9H,10H2,1H3,(H2,18,19,21). The summed E-state index contributed by atoms with van der Waals surface area (Å²) in [6, 6.07) is 13.9. The number of carbonyl (C=O) groups excluding carboxylic acids is 2. The van der Waals surface area contributed by atoms with E-state index >= 15 is 0 Å². The Hall–Kier alpha value is -2.34. The summed E-state index contributed by atoms with van der Waals surface area (Å²) in [5, 5.41) is 5.38. The van der Waals surface area contributed by atoms with Gasteiger partial charge in [-0.1, -0.05) is 40.2 Å². The number of hydrogen-bond acceptors (Lipinski definition) is 3. The molecule has 0 radical (unpaired) electrons. The van der Waals surface area contributed by atoms with E-state index in [9.17, 15) is 9.59 Å². The van der Waals surface area contributed by atoms with Crippen LogP contribution in [0.5, 0.6) is 0 Å². The van der Waals surface area contributed by atoms with E-state index in [0.29, 0.717) is 17.8 Å². The molecule has 0 aliphatic rings. The number of urea groups is 1.